The number of halogens is 3. The number of nitrogens with one attached hydrogen (secondary N) is 1. The molecule has 0 aliphatic rings. The third-order valence-corrected chi connectivity index (χ3v) is 3.93. The minimum atomic E-state index is -0.204. The summed E-state index contributed by atoms with van der Waals surface area (Å²) in [6.45, 7) is 1.44. The van der Waals surface area contributed by atoms with E-state index in [9.17, 15) is 4.39 Å². The van der Waals surface area contributed by atoms with Crippen LogP contribution in [0.3, 0.4) is 0 Å². The van der Waals surface area contributed by atoms with Crippen molar-refractivity contribution in [2.45, 2.75) is 13.0 Å². The van der Waals surface area contributed by atoms with Crippen LogP contribution in [0.25, 0.3) is 11.3 Å². The smallest absolute Gasteiger partial charge is 0.135 e. The molecule has 1 N–H and O–H groups in total. The molecular weight excluding hydrogens is 348 g/mol. The summed E-state index contributed by atoms with van der Waals surface area (Å²) in [7, 11) is 0. The van der Waals surface area contributed by atoms with Gasteiger partial charge in [-0.1, -0.05) is 35.9 Å². The van der Waals surface area contributed by atoms with Gasteiger partial charge in [-0.15, -0.1) is 12.4 Å². The van der Waals surface area contributed by atoms with E-state index in [-0.39, 0.29) is 18.2 Å². The van der Waals surface area contributed by atoms with Crippen LogP contribution in [0.4, 0.5) is 4.39 Å². The number of benzene rings is 2. The fourth-order valence-electron chi connectivity index (χ4n) is 2.37. The molecular formula is C19H18Cl2FNO. The molecule has 5 heteroatoms. The lowest BCUT2D eigenvalue weighted by molar-refractivity contribution is 0.495. The van der Waals surface area contributed by atoms with Crippen LogP contribution in [0.15, 0.2) is 65.1 Å². The van der Waals surface area contributed by atoms with Crippen molar-refractivity contribution in [1.29, 1.82) is 0 Å². The second-order valence-corrected chi connectivity index (χ2v) is 5.71. The Morgan fingerprint density at radius 1 is 0.958 bits per heavy atom. The lowest BCUT2D eigenvalue weighted by Gasteiger charge is -2.04. The van der Waals surface area contributed by atoms with Crippen LogP contribution in [0, 0.1) is 5.82 Å². The maximum Gasteiger partial charge on any atom is 0.135 e. The van der Waals surface area contributed by atoms with E-state index in [0.29, 0.717) is 11.6 Å². The summed E-state index contributed by atoms with van der Waals surface area (Å²) < 4.78 is 18.7. The Morgan fingerprint density at radius 2 is 1.71 bits per heavy atom. The summed E-state index contributed by atoms with van der Waals surface area (Å²) in [6.07, 6.45) is 0.846. The van der Waals surface area contributed by atoms with Crippen molar-refractivity contribution < 1.29 is 8.81 Å². The molecule has 1 heterocycles. The van der Waals surface area contributed by atoms with Gasteiger partial charge in [0.2, 0.25) is 0 Å². The summed E-state index contributed by atoms with van der Waals surface area (Å²) in [5.41, 5.74) is 2.00. The number of hydrogen-bond acceptors (Lipinski definition) is 2. The Kier molecular flexibility index (Phi) is 6.85. The van der Waals surface area contributed by atoms with Crippen molar-refractivity contribution in [2.75, 3.05) is 6.54 Å². The van der Waals surface area contributed by atoms with Gasteiger partial charge in [-0.3, -0.25) is 0 Å². The molecule has 126 valence electrons. The summed E-state index contributed by atoms with van der Waals surface area (Å²) in [6, 6.07) is 18.1. The fourth-order valence-corrected chi connectivity index (χ4v) is 2.60. The number of rotatable bonds is 6. The Bertz CT molecular complexity index is 771. The zero-order valence-electron chi connectivity index (χ0n) is 13.0. The molecule has 0 unspecified atom stereocenters. The average Bonchev–Trinajstić information content (AvgIpc) is 3.02. The maximum atomic E-state index is 12.8. The van der Waals surface area contributed by atoms with E-state index in [1.54, 1.807) is 12.1 Å². The lowest BCUT2D eigenvalue weighted by atomic mass is 10.1. The van der Waals surface area contributed by atoms with Gasteiger partial charge < -0.3 is 9.73 Å². The molecule has 3 aromatic rings. The molecule has 0 saturated heterocycles. The van der Waals surface area contributed by atoms with Crippen LogP contribution in [0.1, 0.15) is 11.3 Å². The summed E-state index contributed by atoms with van der Waals surface area (Å²) in [5, 5.41) is 4.00. The predicted octanol–water partition coefficient (Wildman–Crippen LogP) is 5.49. The Balaban J connectivity index is 0.00000208. The van der Waals surface area contributed by atoms with Gasteiger partial charge in [-0.25, -0.2) is 4.39 Å². The molecule has 3 rings (SSSR count). The van der Waals surface area contributed by atoms with Crippen LogP contribution < -0.4 is 5.32 Å². The molecule has 24 heavy (non-hydrogen) atoms. The van der Waals surface area contributed by atoms with E-state index >= 15 is 0 Å². The van der Waals surface area contributed by atoms with Gasteiger partial charge in [0, 0.05) is 5.56 Å². The summed E-state index contributed by atoms with van der Waals surface area (Å²) in [5.74, 6) is 1.43. The molecule has 0 aliphatic heterocycles. The molecule has 0 aliphatic carbocycles. The van der Waals surface area contributed by atoms with Gasteiger partial charge in [-0.2, -0.15) is 0 Å². The van der Waals surface area contributed by atoms with Crippen molar-refractivity contribution in [1.82, 2.24) is 5.32 Å². The summed E-state index contributed by atoms with van der Waals surface area (Å²) in [4.78, 5) is 0. The molecule has 2 nitrogen and oxygen atoms in total. The highest BCUT2D eigenvalue weighted by Crippen LogP contribution is 2.28. The van der Waals surface area contributed by atoms with E-state index < -0.39 is 0 Å². The number of hydrogen-bond donors (Lipinski definition) is 1. The van der Waals surface area contributed by atoms with E-state index in [1.165, 1.54) is 12.1 Å². The first-order valence-electron chi connectivity index (χ1n) is 7.51. The highest BCUT2D eigenvalue weighted by Gasteiger charge is 2.07. The van der Waals surface area contributed by atoms with Crippen LogP contribution >= 0.6 is 24.0 Å². The van der Waals surface area contributed by atoms with Crippen molar-refractivity contribution >= 4 is 24.0 Å². The Labute approximate surface area is 152 Å². The SMILES string of the molecule is Cl.Fc1ccc(CCNCc2ccc(-c3ccccc3Cl)o2)cc1. The van der Waals surface area contributed by atoms with E-state index in [2.05, 4.69) is 5.32 Å². The second-order valence-electron chi connectivity index (χ2n) is 5.30. The highest BCUT2D eigenvalue weighted by molar-refractivity contribution is 6.33. The molecule has 0 atom stereocenters. The van der Waals surface area contributed by atoms with Crippen LogP contribution in [-0.4, -0.2) is 6.54 Å². The monoisotopic (exact) mass is 365 g/mol. The topological polar surface area (TPSA) is 25.2 Å². The van der Waals surface area contributed by atoms with Crippen LogP contribution in [0.2, 0.25) is 5.02 Å². The van der Waals surface area contributed by atoms with Gasteiger partial charge in [-0.05, 0) is 54.9 Å². The third kappa shape index (κ3) is 4.84. The third-order valence-electron chi connectivity index (χ3n) is 3.60. The van der Waals surface area contributed by atoms with Gasteiger partial charge in [0.15, 0.2) is 0 Å². The Morgan fingerprint density at radius 3 is 2.46 bits per heavy atom. The normalized spacial score (nSPS) is 10.4. The molecule has 0 fully saturated rings. The zero-order chi connectivity index (χ0) is 16.1. The summed E-state index contributed by atoms with van der Waals surface area (Å²) >= 11 is 6.17. The molecule has 1 aromatic heterocycles. The van der Waals surface area contributed by atoms with Crippen molar-refractivity contribution in [3.8, 4) is 11.3 Å². The molecule has 2 aromatic carbocycles. The number of furan rings is 1. The van der Waals surface area contributed by atoms with Gasteiger partial charge in [0.25, 0.3) is 0 Å². The minimum Gasteiger partial charge on any atom is -0.460 e. The first kappa shape index (κ1) is 18.5. The van der Waals surface area contributed by atoms with E-state index in [0.717, 1.165) is 35.6 Å². The molecule has 0 spiro atoms. The van der Waals surface area contributed by atoms with Gasteiger partial charge >= 0.3 is 0 Å². The predicted molar refractivity (Wildman–Crippen MR) is 98.2 cm³/mol. The van der Waals surface area contributed by atoms with Crippen LogP contribution in [0.5, 0.6) is 0 Å². The molecule has 0 bridgehead atoms. The molecule has 0 amide bonds. The lowest BCUT2D eigenvalue weighted by Crippen LogP contribution is -2.16. The zero-order valence-corrected chi connectivity index (χ0v) is 14.5. The van der Waals surface area contributed by atoms with E-state index in [4.69, 9.17) is 16.0 Å². The van der Waals surface area contributed by atoms with Gasteiger partial charge in [0.05, 0.1) is 11.6 Å². The highest BCUT2D eigenvalue weighted by atomic mass is 35.5. The first-order chi connectivity index (χ1) is 11.2. The standard InChI is InChI=1S/C19H17ClFNO.ClH/c20-18-4-2-1-3-17(18)19-10-9-16(23-19)13-22-12-11-14-5-7-15(21)8-6-14;/h1-10,22H,11-13H2;1H. The largest absolute Gasteiger partial charge is 0.460 e. The molecule has 0 radical (unpaired) electrons. The Hall–Kier alpha value is -1.81. The second kappa shape index (κ2) is 8.88. The molecule has 0 saturated carbocycles. The maximum absolute atomic E-state index is 12.8. The minimum absolute atomic E-state index is 0. The first-order valence-corrected chi connectivity index (χ1v) is 7.89. The quantitative estimate of drug-likeness (QED) is 0.584. The van der Waals surface area contributed by atoms with Crippen molar-refractivity contribution in [3.63, 3.8) is 0 Å². The van der Waals surface area contributed by atoms with Crippen molar-refractivity contribution in [3.05, 3.63) is 82.8 Å². The van der Waals surface area contributed by atoms with Crippen molar-refractivity contribution in [2.24, 2.45) is 0 Å². The van der Waals surface area contributed by atoms with Crippen LogP contribution in [-0.2, 0) is 13.0 Å². The van der Waals surface area contributed by atoms with Gasteiger partial charge in [0.1, 0.15) is 17.3 Å². The fraction of sp³-hybridized carbons (Fsp3) is 0.158. The average molecular weight is 366 g/mol. The van der Waals surface area contributed by atoms with E-state index in [1.807, 2.05) is 36.4 Å².